The van der Waals surface area contributed by atoms with E-state index in [9.17, 15) is 0 Å². The van der Waals surface area contributed by atoms with E-state index in [1.54, 1.807) is 11.1 Å². The summed E-state index contributed by atoms with van der Waals surface area (Å²) in [6.07, 6.45) is 8.02. The van der Waals surface area contributed by atoms with Gasteiger partial charge in [-0.3, -0.25) is 0 Å². The summed E-state index contributed by atoms with van der Waals surface area (Å²) in [4.78, 5) is 0. The molecule has 0 aliphatic heterocycles. The molecule has 17 heavy (non-hydrogen) atoms. The predicted octanol–water partition coefficient (Wildman–Crippen LogP) is 3.68. The Labute approximate surface area is 112 Å². The van der Waals surface area contributed by atoms with Crippen molar-refractivity contribution in [3.05, 3.63) is 33.8 Å². The number of benzene rings is 1. The van der Waals surface area contributed by atoms with Crippen molar-refractivity contribution in [1.29, 1.82) is 0 Å². The second-order valence-corrected chi connectivity index (χ2v) is 6.86. The van der Waals surface area contributed by atoms with E-state index in [1.807, 2.05) is 0 Å². The van der Waals surface area contributed by atoms with Crippen LogP contribution in [0.3, 0.4) is 0 Å². The first-order valence-electron chi connectivity index (χ1n) is 6.68. The maximum absolute atomic E-state index is 5.79. The van der Waals surface area contributed by atoms with Crippen LogP contribution in [0.15, 0.2) is 22.7 Å². The van der Waals surface area contributed by atoms with E-state index in [-0.39, 0.29) is 0 Å². The molecule has 0 bridgehead atoms. The minimum Gasteiger partial charge on any atom is -0.330 e. The Morgan fingerprint density at radius 3 is 2.59 bits per heavy atom. The Morgan fingerprint density at radius 1 is 1.18 bits per heavy atom. The van der Waals surface area contributed by atoms with Crippen molar-refractivity contribution in [3.8, 4) is 0 Å². The maximum Gasteiger partial charge on any atom is 0.0178 e. The molecule has 0 radical (unpaired) electrons. The van der Waals surface area contributed by atoms with Crippen LogP contribution in [0, 0.1) is 11.3 Å². The molecule has 2 heteroatoms. The van der Waals surface area contributed by atoms with Crippen LogP contribution in [0.25, 0.3) is 0 Å². The maximum atomic E-state index is 5.79. The standard InChI is InChI=1S/C15H20BrN/c16-14-2-1-12-8-15(9-13(12)7-14)5-3-11(10-17)4-6-15/h1-2,7,11H,3-6,8-10,17H2. The summed E-state index contributed by atoms with van der Waals surface area (Å²) in [5.74, 6) is 0.788. The van der Waals surface area contributed by atoms with Gasteiger partial charge in [0.2, 0.25) is 0 Å². The van der Waals surface area contributed by atoms with Gasteiger partial charge < -0.3 is 5.73 Å². The Kier molecular flexibility index (Phi) is 3.04. The van der Waals surface area contributed by atoms with E-state index in [4.69, 9.17) is 5.73 Å². The Morgan fingerprint density at radius 2 is 1.88 bits per heavy atom. The summed E-state index contributed by atoms with van der Waals surface area (Å²) in [7, 11) is 0. The average Bonchev–Trinajstić information content (AvgIpc) is 2.67. The lowest BCUT2D eigenvalue weighted by Crippen LogP contribution is -2.30. The first-order valence-corrected chi connectivity index (χ1v) is 7.47. The molecule has 0 atom stereocenters. The van der Waals surface area contributed by atoms with Gasteiger partial charge in [0.25, 0.3) is 0 Å². The summed E-state index contributed by atoms with van der Waals surface area (Å²) in [6.45, 7) is 0.884. The molecule has 2 N–H and O–H groups in total. The lowest BCUT2D eigenvalue weighted by Gasteiger charge is -2.37. The normalized spacial score (nSPS) is 31.8. The molecule has 3 rings (SSSR count). The van der Waals surface area contributed by atoms with Gasteiger partial charge in [0, 0.05) is 4.47 Å². The highest BCUT2D eigenvalue weighted by Crippen LogP contribution is 2.48. The van der Waals surface area contributed by atoms with Crippen LogP contribution >= 0.6 is 15.9 Å². The third-order valence-electron chi connectivity index (χ3n) is 4.80. The van der Waals surface area contributed by atoms with Gasteiger partial charge >= 0.3 is 0 Å². The number of hydrogen-bond donors (Lipinski definition) is 1. The zero-order chi connectivity index (χ0) is 11.9. The Balaban J connectivity index is 1.77. The third-order valence-corrected chi connectivity index (χ3v) is 5.29. The fraction of sp³-hybridized carbons (Fsp3) is 0.600. The number of nitrogens with two attached hydrogens (primary N) is 1. The van der Waals surface area contributed by atoms with E-state index in [2.05, 4.69) is 34.1 Å². The topological polar surface area (TPSA) is 26.0 Å². The van der Waals surface area contributed by atoms with Crippen LogP contribution in [0.5, 0.6) is 0 Å². The molecule has 0 aromatic heterocycles. The van der Waals surface area contributed by atoms with Crippen molar-refractivity contribution in [1.82, 2.24) is 0 Å². The highest BCUT2D eigenvalue weighted by molar-refractivity contribution is 9.10. The van der Waals surface area contributed by atoms with E-state index < -0.39 is 0 Å². The van der Waals surface area contributed by atoms with Gasteiger partial charge in [-0.15, -0.1) is 0 Å². The van der Waals surface area contributed by atoms with Crippen molar-refractivity contribution >= 4 is 15.9 Å². The second kappa shape index (κ2) is 4.40. The van der Waals surface area contributed by atoms with Crippen molar-refractivity contribution in [2.45, 2.75) is 38.5 Å². The summed E-state index contributed by atoms with van der Waals surface area (Å²) < 4.78 is 1.23. The zero-order valence-electron chi connectivity index (χ0n) is 10.2. The molecule has 1 fully saturated rings. The molecule has 1 aromatic carbocycles. The highest BCUT2D eigenvalue weighted by atomic mass is 79.9. The fourth-order valence-electron chi connectivity index (χ4n) is 3.68. The zero-order valence-corrected chi connectivity index (χ0v) is 11.8. The molecule has 1 nitrogen and oxygen atoms in total. The molecule has 0 saturated heterocycles. The smallest absolute Gasteiger partial charge is 0.0178 e. The summed E-state index contributed by atoms with van der Waals surface area (Å²) in [5.41, 5.74) is 9.52. The lowest BCUT2D eigenvalue weighted by atomic mass is 9.69. The second-order valence-electron chi connectivity index (χ2n) is 5.95. The molecule has 1 spiro atoms. The third kappa shape index (κ3) is 2.17. The van der Waals surface area contributed by atoms with Gasteiger partial charge in [-0.1, -0.05) is 22.0 Å². The first-order chi connectivity index (χ1) is 8.21. The number of fused-ring (bicyclic) bond motifs is 1. The number of hydrogen-bond acceptors (Lipinski definition) is 1. The van der Waals surface area contributed by atoms with Crippen LogP contribution in [0.4, 0.5) is 0 Å². The van der Waals surface area contributed by atoms with Gasteiger partial charge in [0.15, 0.2) is 0 Å². The highest BCUT2D eigenvalue weighted by Gasteiger charge is 2.39. The van der Waals surface area contributed by atoms with E-state index in [0.29, 0.717) is 5.41 Å². The van der Waals surface area contributed by atoms with E-state index in [0.717, 1.165) is 12.5 Å². The molecule has 1 aromatic rings. The molecule has 1 saturated carbocycles. The van der Waals surface area contributed by atoms with Gasteiger partial charge in [-0.2, -0.15) is 0 Å². The van der Waals surface area contributed by atoms with E-state index in [1.165, 1.54) is 43.0 Å². The first kappa shape index (κ1) is 11.7. The van der Waals surface area contributed by atoms with Crippen LogP contribution in [-0.2, 0) is 12.8 Å². The van der Waals surface area contributed by atoms with Gasteiger partial charge in [0.05, 0.1) is 0 Å². The van der Waals surface area contributed by atoms with Crippen LogP contribution in [-0.4, -0.2) is 6.54 Å². The predicted molar refractivity (Wildman–Crippen MR) is 75.0 cm³/mol. The SMILES string of the molecule is NCC1CCC2(CC1)Cc1ccc(Br)cc1C2. The van der Waals surface area contributed by atoms with Crippen molar-refractivity contribution in [2.75, 3.05) is 6.54 Å². The molecular weight excluding hydrogens is 274 g/mol. The van der Waals surface area contributed by atoms with Crippen LogP contribution in [0.1, 0.15) is 36.8 Å². The van der Waals surface area contributed by atoms with E-state index >= 15 is 0 Å². The minimum absolute atomic E-state index is 0.578. The van der Waals surface area contributed by atoms with Crippen LogP contribution < -0.4 is 5.73 Å². The molecule has 92 valence electrons. The largest absolute Gasteiger partial charge is 0.330 e. The minimum atomic E-state index is 0.578. The summed E-state index contributed by atoms with van der Waals surface area (Å²) in [6, 6.07) is 6.81. The molecular formula is C15H20BrN. The van der Waals surface area contributed by atoms with Gasteiger partial charge in [-0.05, 0) is 79.7 Å². The number of halogens is 1. The Bertz CT molecular complexity index is 419. The summed E-state index contributed by atoms with van der Waals surface area (Å²) in [5, 5.41) is 0. The monoisotopic (exact) mass is 293 g/mol. The fourth-order valence-corrected chi connectivity index (χ4v) is 4.09. The molecule has 0 unspecified atom stereocenters. The molecule has 2 aliphatic rings. The lowest BCUT2D eigenvalue weighted by molar-refractivity contribution is 0.162. The molecule has 0 heterocycles. The Hall–Kier alpha value is -0.340. The number of rotatable bonds is 1. The van der Waals surface area contributed by atoms with Crippen molar-refractivity contribution in [3.63, 3.8) is 0 Å². The quantitative estimate of drug-likeness (QED) is 0.840. The van der Waals surface area contributed by atoms with Crippen LogP contribution in [0.2, 0.25) is 0 Å². The van der Waals surface area contributed by atoms with Crippen molar-refractivity contribution < 1.29 is 0 Å². The van der Waals surface area contributed by atoms with Gasteiger partial charge in [0.1, 0.15) is 0 Å². The van der Waals surface area contributed by atoms with Gasteiger partial charge in [-0.25, -0.2) is 0 Å². The molecule has 2 aliphatic carbocycles. The van der Waals surface area contributed by atoms with Crippen molar-refractivity contribution in [2.24, 2.45) is 17.1 Å². The summed E-state index contributed by atoms with van der Waals surface area (Å²) >= 11 is 3.58. The molecule has 0 amide bonds. The average molecular weight is 294 g/mol.